The van der Waals surface area contributed by atoms with Crippen LogP contribution in [0.15, 0.2) is 18.2 Å². The number of nitrogens with zero attached hydrogens (tertiary/aromatic N) is 1. The van der Waals surface area contributed by atoms with E-state index in [-0.39, 0.29) is 31.8 Å². The molecule has 0 bridgehead atoms. The number of carbonyl (C=O) groups excluding carboxylic acids is 1. The Morgan fingerprint density at radius 2 is 1.86 bits per heavy atom. The maximum atomic E-state index is 12.3. The van der Waals surface area contributed by atoms with Crippen LogP contribution in [0.2, 0.25) is 0 Å². The number of aliphatic hydroxyl groups is 1. The third-order valence-electron chi connectivity index (χ3n) is 4.19. The average Bonchev–Trinajstić information content (AvgIpc) is 2.43. The van der Waals surface area contributed by atoms with Crippen LogP contribution in [0.4, 0.5) is 0 Å². The first kappa shape index (κ1) is 15.5. The van der Waals surface area contributed by atoms with Crippen LogP contribution in [0.5, 0.6) is 0 Å². The van der Waals surface area contributed by atoms with Gasteiger partial charge in [-0.3, -0.25) is 4.79 Å². The number of carboxylic acids is 1. The summed E-state index contributed by atoms with van der Waals surface area (Å²) >= 11 is 0. The molecular weight excluding hydrogens is 270 g/mol. The van der Waals surface area contributed by atoms with E-state index >= 15 is 0 Å². The van der Waals surface area contributed by atoms with E-state index in [0.29, 0.717) is 6.42 Å². The maximum absolute atomic E-state index is 12.3. The summed E-state index contributed by atoms with van der Waals surface area (Å²) in [5.41, 5.74) is 1.50. The molecule has 1 aromatic carbocycles. The molecular formula is C16H21NO4. The number of likely N-dealkylation sites (tertiary alicyclic amines) is 1. The SMILES string of the molecule is Cc1ccc(C)c(CC(=O)N2CCC(O)(C(=O)O)CC2)c1. The van der Waals surface area contributed by atoms with Crippen LogP contribution in [0.1, 0.15) is 29.5 Å². The Morgan fingerprint density at radius 1 is 1.24 bits per heavy atom. The molecule has 1 amide bonds. The molecule has 0 spiro atoms. The lowest BCUT2D eigenvalue weighted by Crippen LogP contribution is -2.51. The van der Waals surface area contributed by atoms with Gasteiger partial charge in [-0.1, -0.05) is 23.8 Å². The second-order valence-corrected chi connectivity index (χ2v) is 5.82. The van der Waals surface area contributed by atoms with Gasteiger partial charge in [0, 0.05) is 25.9 Å². The first-order valence-corrected chi connectivity index (χ1v) is 7.11. The first-order chi connectivity index (χ1) is 9.82. The lowest BCUT2D eigenvalue weighted by Gasteiger charge is -2.35. The van der Waals surface area contributed by atoms with Crippen molar-refractivity contribution < 1.29 is 19.8 Å². The number of aryl methyl sites for hydroxylation is 2. The molecule has 114 valence electrons. The van der Waals surface area contributed by atoms with Crippen LogP contribution in [-0.2, 0) is 16.0 Å². The fraction of sp³-hybridized carbons (Fsp3) is 0.500. The number of hydrogen-bond acceptors (Lipinski definition) is 3. The summed E-state index contributed by atoms with van der Waals surface area (Å²) in [6, 6.07) is 6.01. The van der Waals surface area contributed by atoms with Gasteiger partial charge in [0.05, 0.1) is 6.42 Å². The van der Waals surface area contributed by atoms with Gasteiger partial charge in [0.15, 0.2) is 5.60 Å². The van der Waals surface area contributed by atoms with E-state index in [4.69, 9.17) is 5.11 Å². The van der Waals surface area contributed by atoms with Crippen LogP contribution < -0.4 is 0 Å². The van der Waals surface area contributed by atoms with E-state index in [1.807, 2.05) is 32.0 Å². The molecule has 2 rings (SSSR count). The highest BCUT2D eigenvalue weighted by Gasteiger charge is 2.40. The van der Waals surface area contributed by atoms with Gasteiger partial charge in [-0.25, -0.2) is 4.79 Å². The van der Waals surface area contributed by atoms with Crippen molar-refractivity contribution in [2.24, 2.45) is 0 Å². The smallest absolute Gasteiger partial charge is 0.335 e. The van der Waals surface area contributed by atoms with Crippen LogP contribution in [0.3, 0.4) is 0 Å². The normalized spacial score (nSPS) is 17.6. The molecule has 21 heavy (non-hydrogen) atoms. The molecule has 1 heterocycles. The van der Waals surface area contributed by atoms with Gasteiger partial charge in [-0.05, 0) is 25.0 Å². The van der Waals surface area contributed by atoms with Crippen molar-refractivity contribution in [2.75, 3.05) is 13.1 Å². The van der Waals surface area contributed by atoms with Crippen molar-refractivity contribution in [3.63, 3.8) is 0 Å². The molecule has 0 aromatic heterocycles. The quantitative estimate of drug-likeness (QED) is 0.879. The Morgan fingerprint density at radius 3 is 2.43 bits per heavy atom. The largest absolute Gasteiger partial charge is 0.479 e. The topological polar surface area (TPSA) is 77.8 Å². The van der Waals surface area contributed by atoms with Gasteiger partial charge < -0.3 is 15.1 Å². The van der Waals surface area contributed by atoms with Crippen molar-refractivity contribution >= 4 is 11.9 Å². The number of piperidine rings is 1. The highest BCUT2D eigenvalue weighted by molar-refractivity contribution is 5.81. The van der Waals surface area contributed by atoms with E-state index in [9.17, 15) is 14.7 Å². The first-order valence-electron chi connectivity index (χ1n) is 7.11. The highest BCUT2D eigenvalue weighted by Crippen LogP contribution is 2.23. The number of rotatable bonds is 3. The third-order valence-corrected chi connectivity index (χ3v) is 4.19. The zero-order valence-electron chi connectivity index (χ0n) is 12.4. The molecule has 0 aliphatic carbocycles. The molecule has 0 saturated carbocycles. The van der Waals surface area contributed by atoms with Crippen molar-refractivity contribution in [3.8, 4) is 0 Å². The van der Waals surface area contributed by atoms with Crippen LogP contribution in [0.25, 0.3) is 0 Å². The van der Waals surface area contributed by atoms with Gasteiger partial charge in [0.1, 0.15) is 0 Å². The Kier molecular flexibility index (Phi) is 4.32. The second kappa shape index (κ2) is 5.85. The zero-order chi connectivity index (χ0) is 15.6. The summed E-state index contributed by atoms with van der Waals surface area (Å²) in [6.07, 6.45) is 0.487. The standard InChI is InChI=1S/C16H21NO4/c1-11-3-4-12(2)13(9-11)10-14(18)17-7-5-16(21,6-8-17)15(19)20/h3-4,9,21H,5-8,10H2,1-2H3,(H,19,20). The molecule has 1 saturated heterocycles. The lowest BCUT2D eigenvalue weighted by atomic mass is 9.91. The van der Waals surface area contributed by atoms with E-state index < -0.39 is 11.6 Å². The summed E-state index contributed by atoms with van der Waals surface area (Å²) in [6.45, 7) is 4.53. The van der Waals surface area contributed by atoms with E-state index in [0.717, 1.165) is 16.7 Å². The van der Waals surface area contributed by atoms with Gasteiger partial charge in [-0.2, -0.15) is 0 Å². The summed E-state index contributed by atoms with van der Waals surface area (Å²) in [5.74, 6) is -1.22. The molecule has 2 N–H and O–H groups in total. The summed E-state index contributed by atoms with van der Waals surface area (Å²) < 4.78 is 0. The average molecular weight is 291 g/mol. The fourth-order valence-corrected chi connectivity index (χ4v) is 2.61. The zero-order valence-corrected chi connectivity index (χ0v) is 12.4. The van der Waals surface area contributed by atoms with Gasteiger partial charge >= 0.3 is 5.97 Å². The number of carboxylic acid groups (broad SMARTS) is 1. The van der Waals surface area contributed by atoms with Crippen molar-refractivity contribution in [1.82, 2.24) is 4.90 Å². The van der Waals surface area contributed by atoms with E-state index in [1.54, 1.807) is 4.90 Å². The minimum Gasteiger partial charge on any atom is -0.479 e. The molecule has 0 atom stereocenters. The molecule has 1 aliphatic rings. The molecule has 5 nitrogen and oxygen atoms in total. The van der Waals surface area contributed by atoms with Crippen LogP contribution in [0, 0.1) is 13.8 Å². The molecule has 1 fully saturated rings. The Hall–Kier alpha value is -1.88. The van der Waals surface area contributed by atoms with E-state index in [2.05, 4.69) is 0 Å². The molecule has 1 aliphatic heterocycles. The van der Waals surface area contributed by atoms with Crippen molar-refractivity contribution in [3.05, 3.63) is 34.9 Å². The second-order valence-electron chi connectivity index (χ2n) is 5.82. The molecule has 0 radical (unpaired) electrons. The minimum atomic E-state index is -1.68. The van der Waals surface area contributed by atoms with E-state index in [1.165, 1.54) is 0 Å². The Bertz CT molecular complexity index is 559. The lowest BCUT2D eigenvalue weighted by molar-refractivity contribution is -0.165. The summed E-state index contributed by atoms with van der Waals surface area (Å²) in [5, 5.41) is 18.9. The summed E-state index contributed by atoms with van der Waals surface area (Å²) in [7, 11) is 0. The van der Waals surface area contributed by atoms with Crippen molar-refractivity contribution in [1.29, 1.82) is 0 Å². The number of hydrogen-bond donors (Lipinski definition) is 2. The molecule has 0 unspecified atom stereocenters. The predicted molar refractivity (Wildman–Crippen MR) is 78.0 cm³/mol. The van der Waals surface area contributed by atoms with Crippen molar-refractivity contribution in [2.45, 2.75) is 38.7 Å². The number of aliphatic carboxylic acids is 1. The third kappa shape index (κ3) is 3.42. The van der Waals surface area contributed by atoms with Gasteiger partial charge in [0.25, 0.3) is 0 Å². The highest BCUT2D eigenvalue weighted by atomic mass is 16.4. The number of benzene rings is 1. The van der Waals surface area contributed by atoms with Crippen LogP contribution >= 0.6 is 0 Å². The fourth-order valence-electron chi connectivity index (χ4n) is 2.61. The predicted octanol–water partition coefficient (Wildman–Crippen LogP) is 1.28. The Labute approximate surface area is 124 Å². The minimum absolute atomic E-state index is 0.0175. The number of amides is 1. The Balaban J connectivity index is 2.00. The number of carbonyl (C=O) groups is 2. The molecule has 1 aromatic rings. The maximum Gasteiger partial charge on any atom is 0.335 e. The van der Waals surface area contributed by atoms with Gasteiger partial charge in [0.2, 0.25) is 5.91 Å². The summed E-state index contributed by atoms with van der Waals surface area (Å²) in [4.78, 5) is 24.9. The monoisotopic (exact) mass is 291 g/mol. The van der Waals surface area contributed by atoms with Gasteiger partial charge in [-0.15, -0.1) is 0 Å². The molecule has 5 heteroatoms. The van der Waals surface area contributed by atoms with Crippen LogP contribution in [-0.4, -0.2) is 45.7 Å².